The lowest BCUT2D eigenvalue weighted by atomic mass is 9.74. The van der Waals surface area contributed by atoms with E-state index < -0.39 is 0 Å². The largest absolute Gasteiger partial charge is 0.507 e. The minimum absolute atomic E-state index is 0.0662. The lowest BCUT2D eigenvalue weighted by Gasteiger charge is -2.38. The van der Waals surface area contributed by atoms with Crippen molar-refractivity contribution in [1.82, 2.24) is 5.32 Å². The summed E-state index contributed by atoms with van der Waals surface area (Å²) in [6.07, 6.45) is 1.48. The highest BCUT2D eigenvalue weighted by Crippen LogP contribution is 2.34. The molecule has 2 aromatic carbocycles. The van der Waals surface area contributed by atoms with E-state index in [-0.39, 0.29) is 28.5 Å². The fourth-order valence-electron chi connectivity index (χ4n) is 3.17. The summed E-state index contributed by atoms with van der Waals surface area (Å²) >= 11 is 3.30. The number of aromatic hydroxyl groups is 1. The number of hydrogen-bond donors (Lipinski definition) is 2. The smallest absolute Gasteiger partial charge is 0.255 e. The molecule has 0 saturated carbocycles. The SMILES string of the molecule is O=C(NCC1(c2ccc(F)cc2)CCOCC1)c1cc(Br)ccc1O. The van der Waals surface area contributed by atoms with Crippen LogP contribution in [0.4, 0.5) is 4.39 Å². The van der Waals surface area contributed by atoms with Gasteiger partial charge in [-0.25, -0.2) is 4.39 Å². The maximum absolute atomic E-state index is 13.3. The summed E-state index contributed by atoms with van der Waals surface area (Å²) in [5.74, 6) is -0.690. The minimum Gasteiger partial charge on any atom is -0.507 e. The topological polar surface area (TPSA) is 58.6 Å². The summed E-state index contributed by atoms with van der Waals surface area (Å²) in [5.41, 5.74) is 0.898. The maximum Gasteiger partial charge on any atom is 0.255 e. The molecule has 25 heavy (non-hydrogen) atoms. The first-order valence-corrected chi connectivity index (χ1v) is 8.90. The van der Waals surface area contributed by atoms with Crippen LogP contribution >= 0.6 is 15.9 Å². The van der Waals surface area contributed by atoms with E-state index in [1.807, 2.05) is 0 Å². The molecule has 0 radical (unpaired) electrons. The second kappa shape index (κ2) is 7.54. The van der Waals surface area contributed by atoms with Crippen molar-refractivity contribution in [3.05, 3.63) is 63.9 Å². The molecule has 1 saturated heterocycles. The van der Waals surface area contributed by atoms with Crippen LogP contribution in [0, 0.1) is 5.82 Å². The number of hydrogen-bond acceptors (Lipinski definition) is 3. The zero-order valence-corrected chi connectivity index (χ0v) is 15.2. The lowest BCUT2D eigenvalue weighted by molar-refractivity contribution is 0.0486. The van der Waals surface area contributed by atoms with Gasteiger partial charge in [0.1, 0.15) is 11.6 Å². The summed E-state index contributed by atoms with van der Waals surface area (Å²) in [7, 11) is 0. The third-order valence-corrected chi connectivity index (χ3v) is 5.19. The molecule has 1 aliphatic rings. The molecule has 0 bridgehead atoms. The summed E-state index contributed by atoms with van der Waals surface area (Å²) in [6, 6.07) is 11.1. The van der Waals surface area contributed by atoms with Gasteiger partial charge in [0.2, 0.25) is 0 Å². The van der Waals surface area contributed by atoms with E-state index in [2.05, 4.69) is 21.2 Å². The van der Waals surface area contributed by atoms with E-state index in [1.54, 1.807) is 24.3 Å². The van der Waals surface area contributed by atoms with Gasteiger partial charge in [-0.05, 0) is 48.7 Å². The van der Waals surface area contributed by atoms with Crippen molar-refractivity contribution in [2.75, 3.05) is 19.8 Å². The fraction of sp³-hybridized carbons (Fsp3) is 0.316. The molecule has 6 heteroatoms. The molecule has 2 N–H and O–H groups in total. The Balaban J connectivity index is 1.80. The molecule has 0 aromatic heterocycles. The Morgan fingerprint density at radius 1 is 1.20 bits per heavy atom. The summed E-state index contributed by atoms with van der Waals surface area (Å²) < 4.78 is 19.5. The van der Waals surface area contributed by atoms with Crippen LogP contribution in [0.5, 0.6) is 5.75 Å². The number of nitrogens with one attached hydrogen (secondary N) is 1. The molecule has 0 spiro atoms. The second-order valence-corrected chi connectivity index (χ2v) is 7.16. The zero-order valence-electron chi connectivity index (χ0n) is 13.6. The molecule has 0 unspecified atom stereocenters. The van der Waals surface area contributed by atoms with E-state index in [4.69, 9.17) is 4.74 Å². The molecular formula is C19H19BrFNO3. The predicted octanol–water partition coefficient (Wildman–Crippen LogP) is 3.77. The van der Waals surface area contributed by atoms with Gasteiger partial charge in [0, 0.05) is 29.6 Å². The van der Waals surface area contributed by atoms with E-state index in [1.165, 1.54) is 18.2 Å². The van der Waals surface area contributed by atoms with E-state index >= 15 is 0 Å². The van der Waals surface area contributed by atoms with Gasteiger partial charge in [-0.2, -0.15) is 0 Å². The molecule has 0 aliphatic carbocycles. The van der Waals surface area contributed by atoms with Crippen LogP contribution in [0.2, 0.25) is 0 Å². The molecule has 1 heterocycles. The average Bonchev–Trinajstić information content (AvgIpc) is 2.63. The van der Waals surface area contributed by atoms with Crippen LogP contribution in [-0.4, -0.2) is 30.8 Å². The Kier molecular flexibility index (Phi) is 5.39. The summed E-state index contributed by atoms with van der Waals surface area (Å²) in [6.45, 7) is 1.58. The number of carbonyl (C=O) groups is 1. The minimum atomic E-state index is -0.341. The molecule has 132 valence electrons. The molecule has 1 amide bonds. The predicted molar refractivity (Wildman–Crippen MR) is 96.3 cm³/mol. The van der Waals surface area contributed by atoms with Crippen molar-refractivity contribution in [3.63, 3.8) is 0 Å². The summed E-state index contributed by atoms with van der Waals surface area (Å²) in [4.78, 5) is 12.5. The highest BCUT2D eigenvalue weighted by atomic mass is 79.9. The van der Waals surface area contributed by atoms with Crippen LogP contribution in [0.25, 0.3) is 0 Å². The molecule has 4 nitrogen and oxygen atoms in total. The number of halogens is 2. The lowest BCUT2D eigenvalue weighted by Crippen LogP contribution is -2.44. The second-order valence-electron chi connectivity index (χ2n) is 6.24. The van der Waals surface area contributed by atoms with Crippen molar-refractivity contribution >= 4 is 21.8 Å². The number of phenolic OH excluding ortho intramolecular Hbond substituents is 1. The van der Waals surface area contributed by atoms with Crippen molar-refractivity contribution in [1.29, 1.82) is 0 Å². The van der Waals surface area contributed by atoms with Gasteiger partial charge in [-0.3, -0.25) is 4.79 Å². The third kappa shape index (κ3) is 4.02. The molecular weight excluding hydrogens is 389 g/mol. The van der Waals surface area contributed by atoms with Crippen LogP contribution in [0.3, 0.4) is 0 Å². The number of rotatable bonds is 4. The quantitative estimate of drug-likeness (QED) is 0.810. The first kappa shape index (κ1) is 17.9. The summed E-state index contributed by atoms with van der Waals surface area (Å²) in [5, 5.41) is 12.8. The van der Waals surface area contributed by atoms with Crippen LogP contribution in [0.1, 0.15) is 28.8 Å². The van der Waals surface area contributed by atoms with Crippen LogP contribution in [0.15, 0.2) is 46.9 Å². The van der Waals surface area contributed by atoms with Gasteiger partial charge in [0.25, 0.3) is 5.91 Å². The third-order valence-electron chi connectivity index (χ3n) is 4.70. The number of amides is 1. The van der Waals surface area contributed by atoms with Gasteiger partial charge in [-0.1, -0.05) is 28.1 Å². The van der Waals surface area contributed by atoms with Gasteiger partial charge in [0.15, 0.2) is 0 Å². The first-order valence-electron chi connectivity index (χ1n) is 8.11. The highest BCUT2D eigenvalue weighted by molar-refractivity contribution is 9.10. The van der Waals surface area contributed by atoms with Crippen molar-refractivity contribution in [2.24, 2.45) is 0 Å². The molecule has 0 atom stereocenters. The normalized spacial score (nSPS) is 16.4. The number of ether oxygens (including phenoxy) is 1. The first-order chi connectivity index (χ1) is 12.0. The van der Waals surface area contributed by atoms with E-state index in [0.717, 1.165) is 22.9 Å². The Hall–Kier alpha value is -1.92. The van der Waals surface area contributed by atoms with Crippen molar-refractivity contribution in [2.45, 2.75) is 18.3 Å². The fourth-order valence-corrected chi connectivity index (χ4v) is 3.53. The van der Waals surface area contributed by atoms with E-state index in [0.29, 0.717) is 19.8 Å². The Morgan fingerprint density at radius 2 is 1.88 bits per heavy atom. The maximum atomic E-state index is 13.3. The van der Waals surface area contributed by atoms with Crippen LogP contribution in [-0.2, 0) is 10.2 Å². The van der Waals surface area contributed by atoms with Gasteiger partial charge in [-0.15, -0.1) is 0 Å². The van der Waals surface area contributed by atoms with Crippen LogP contribution < -0.4 is 5.32 Å². The highest BCUT2D eigenvalue weighted by Gasteiger charge is 2.35. The van der Waals surface area contributed by atoms with Crippen molar-refractivity contribution in [3.8, 4) is 5.75 Å². The molecule has 1 fully saturated rings. The number of phenols is 1. The Labute approximate surface area is 154 Å². The Bertz CT molecular complexity index is 758. The Morgan fingerprint density at radius 3 is 2.56 bits per heavy atom. The van der Waals surface area contributed by atoms with Gasteiger partial charge in [0.05, 0.1) is 5.56 Å². The molecule has 3 rings (SSSR count). The number of benzene rings is 2. The zero-order chi connectivity index (χ0) is 17.9. The van der Waals surface area contributed by atoms with Gasteiger partial charge >= 0.3 is 0 Å². The molecule has 1 aliphatic heterocycles. The average molecular weight is 408 g/mol. The van der Waals surface area contributed by atoms with Crippen molar-refractivity contribution < 1.29 is 19.0 Å². The monoisotopic (exact) mass is 407 g/mol. The number of carbonyl (C=O) groups excluding carboxylic acids is 1. The molecule has 2 aromatic rings. The standard InChI is InChI=1S/C19H19BrFNO3/c20-14-3-6-17(23)16(11-14)18(24)22-12-19(7-9-25-10-8-19)13-1-4-15(21)5-2-13/h1-6,11,23H,7-10,12H2,(H,22,24). The van der Waals surface area contributed by atoms with Gasteiger partial charge < -0.3 is 15.2 Å². The van der Waals surface area contributed by atoms with E-state index in [9.17, 15) is 14.3 Å².